The van der Waals surface area contributed by atoms with E-state index in [1.165, 1.54) is 13.3 Å². The van der Waals surface area contributed by atoms with Crippen LogP contribution in [0.1, 0.15) is 25.3 Å². The van der Waals surface area contributed by atoms with E-state index in [0.717, 1.165) is 12.8 Å². The molecule has 1 aliphatic heterocycles. The predicted octanol–water partition coefficient (Wildman–Crippen LogP) is 2.62. The lowest BCUT2D eigenvalue weighted by atomic mass is 10.2. The summed E-state index contributed by atoms with van der Waals surface area (Å²) in [7, 11) is 1.45. The number of ether oxygens (including phenoxy) is 4. The molecule has 3 amide bonds. The maximum Gasteiger partial charge on any atom is 0.329 e. The second-order valence-corrected chi connectivity index (χ2v) is 8.73. The summed E-state index contributed by atoms with van der Waals surface area (Å²) in [6.45, 7) is 3.14. The number of nitrogens with zero attached hydrogens (tertiary/aromatic N) is 1. The first-order chi connectivity index (χ1) is 17.9. The van der Waals surface area contributed by atoms with Gasteiger partial charge in [0.1, 0.15) is 5.75 Å². The largest absolute Gasteiger partial charge is 0.494 e. The molecule has 37 heavy (non-hydrogen) atoms. The van der Waals surface area contributed by atoms with Crippen molar-refractivity contribution in [1.29, 1.82) is 0 Å². The molecule has 1 heterocycles. The van der Waals surface area contributed by atoms with E-state index < -0.39 is 11.8 Å². The molecule has 0 radical (unpaired) electrons. The summed E-state index contributed by atoms with van der Waals surface area (Å²) in [5, 5.41) is 9.09. The number of hydrogen-bond acceptors (Lipinski definition) is 8. The molecule has 1 saturated heterocycles. The van der Waals surface area contributed by atoms with Gasteiger partial charge < -0.3 is 29.6 Å². The Morgan fingerprint density at radius 2 is 1.95 bits per heavy atom. The Labute approximate surface area is 223 Å². The number of carbonyl (C=O) groups excluding carboxylic acids is 3. The Morgan fingerprint density at radius 3 is 2.62 bits per heavy atom. The van der Waals surface area contributed by atoms with E-state index in [-0.39, 0.29) is 25.2 Å². The predicted molar refractivity (Wildman–Crippen MR) is 140 cm³/mol. The fraction of sp³-hybridized carbons (Fsp3) is 0.360. The number of anilines is 1. The highest BCUT2D eigenvalue weighted by molar-refractivity contribution is 9.10. The molecular weight excluding hydrogens is 548 g/mol. The van der Waals surface area contributed by atoms with Gasteiger partial charge in [0.25, 0.3) is 5.91 Å². The fourth-order valence-corrected chi connectivity index (χ4v) is 3.97. The van der Waals surface area contributed by atoms with Crippen LogP contribution in [0.25, 0.3) is 0 Å². The summed E-state index contributed by atoms with van der Waals surface area (Å²) in [6, 6.07) is 10.3. The average molecular weight is 577 g/mol. The normalized spacial score (nSPS) is 14.7. The van der Waals surface area contributed by atoms with Crippen LogP contribution in [0.4, 0.5) is 5.69 Å². The zero-order chi connectivity index (χ0) is 26.6. The van der Waals surface area contributed by atoms with E-state index in [2.05, 4.69) is 37.1 Å². The molecule has 3 N–H and O–H groups in total. The van der Waals surface area contributed by atoms with Gasteiger partial charge in [0.05, 0.1) is 30.5 Å². The third-order valence-electron chi connectivity index (χ3n) is 5.15. The van der Waals surface area contributed by atoms with E-state index in [1.807, 2.05) is 6.92 Å². The van der Waals surface area contributed by atoms with Gasteiger partial charge in [-0.25, -0.2) is 5.43 Å². The summed E-state index contributed by atoms with van der Waals surface area (Å²) in [5.74, 6) is -0.669. The van der Waals surface area contributed by atoms with Crippen LogP contribution < -0.4 is 30.3 Å². The van der Waals surface area contributed by atoms with Gasteiger partial charge >= 0.3 is 11.8 Å². The van der Waals surface area contributed by atoms with Crippen molar-refractivity contribution in [1.82, 2.24) is 10.7 Å². The van der Waals surface area contributed by atoms with Gasteiger partial charge in [-0.05, 0) is 77.7 Å². The quantitative estimate of drug-likeness (QED) is 0.212. The Kier molecular flexibility index (Phi) is 10.7. The average Bonchev–Trinajstić information content (AvgIpc) is 3.41. The highest BCUT2D eigenvalue weighted by atomic mass is 79.9. The SMILES string of the molecule is CCOc1ccc(NC(=O)COc2c(Br)cc(/C=N\NC(=O)C(=O)NC[C@@H]3CCCO3)cc2OC)cc1. The fourth-order valence-electron chi connectivity index (χ4n) is 3.40. The Morgan fingerprint density at radius 1 is 1.16 bits per heavy atom. The molecule has 0 unspecified atom stereocenters. The van der Waals surface area contributed by atoms with Crippen molar-refractivity contribution in [2.24, 2.45) is 5.10 Å². The number of halogens is 1. The zero-order valence-corrected chi connectivity index (χ0v) is 22.1. The van der Waals surface area contributed by atoms with Crippen LogP contribution in [-0.2, 0) is 19.1 Å². The van der Waals surface area contributed by atoms with Crippen LogP contribution in [-0.4, -0.2) is 63.5 Å². The van der Waals surface area contributed by atoms with Crippen molar-refractivity contribution in [2.45, 2.75) is 25.9 Å². The van der Waals surface area contributed by atoms with Crippen molar-refractivity contribution in [2.75, 3.05) is 38.8 Å². The van der Waals surface area contributed by atoms with Crippen molar-refractivity contribution >= 4 is 45.6 Å². The molecule has 11 nitrogen and oxygen atoms in total. The smallest absolute Gasteiger partial charge is 0.329 e. The number of hydrazone groups is 1. The maximum atomic E-state index is 12.3. The summed E-state index contributed by atoms with van der Waals surface area (Å²) in [6.07, 6.45) is 3.07. The van der Waals surface area contributed by atoms with Crippen LogP contribution in [0, 0.1) is 0 Å². The number of hydrogen-bond donors (Lipinski definition) is 3. The van der Waals surface area contributed by atoms with Gasteiger partial charge in [-0.3, -0.25) is 14.4 Å². The lowest BCUT2D eigenvalue weighted by molar-refractivity contribution is -0.139. The van der Waals surface area contributed by atoms with Gasteiger partial charge in [-0.2, -0.15) is 5.10 Å². The second-order valence-electron chi connectivity index (χ2n) is 7.87. The minimum absolute atomic E-state index is 0.0657. The van der Waals surface area contributed by atoms with E-state index >= 15 is 0 Å². The highest BCUT2D eigenvalue weighted by Gasteiger charge is 2.19. The van der Waals surface area contributed by atoms with Crippen LogP contribution in [0.5, 0.6) is 17.2 Å². The van der Waals surface area contributed by atoms with Crippen molar-refractivity contribution < 1.29 is 33.3 Å². The van der Waals surface area contributed by atoms with Crippen molar-refractivity contribution in [3.8, 4) is 17.2 Å². The molecule has 0 aromatic heterocycles. The van der Waals surface area contributed by atoms with Crippen LogP contribution in [0.15, 0.2) is 46.0 Å². The van der Waals surface area contributed by atoms with E-state index in [9.17, 15) is 14.4 Å². The number of rotatable bonds is 11. The van der Waals surface area contributed by atoms with Gasteiger partial charge in [0.15, 0.2) is 18.1 Å². The summed E-state index contributed by atoms with van der Waals surface area (Å²) in [5.41, 5.74) is 3.34. The molecular formula is C25H29BrN4O7. The first kappa shape index (κ1) is 27.9. The van der Waals surface area contributed by atoms with Gasteiger partial charge in [-0.15, -0.1) is 0 Å². The third kappa shape index (κ3) is 8.76. The molecule has 0 spiro atoms. The first-order valence-electron chi connectivity index (χ1n) is 11.7. The standard InChI is InChI=1S/C25H29BrN4O7/c1-3-35-18-8-6-17(7-9-18)29-22(31)15-37-23-20(26)11-16(12-21(23)34-2)13-28-30-25(33)24(32)27-14-19-5-4-10-36-19/h6-9,11-13,19H,3-5,10,14-15H2,1-2H3,(H,27,32)(H,29,31)(H,30,33)/b28-13-/t19-/m0/s1. The third-order valence-corrected chi connectivity index (χ3v) is 5.74. The van der Waals surface area contributed by atoms with Crippen LogP contribution in [0.3, 0.4) is 0 Å². The molecule has 0 bridgehead atoms. The molecule has 198 valence electrons. The second kappa shape index (κ2) is 14.2. The minimum Gasteiger partial charge on any atom is -0.494 e. The molecule has 2 aromatic rings. The molecule has 12 heteroatoms. The molecule has 0 aliphatic carbocycles. The topological polar surface area (TPSA) is 137 Å². The molecule has 3 rings (SSSR count). The summed E-state index contributed by atoms with van der Waals surface area (Å²) in [4.78, 5) is 36.2. The van der Waals surface area contributed by atoms with Gasteiger partial charge in [-0.1, -0.05) is 0 Å². The van der Waals surface area contributed by atoms with Crippen molar-refractivity contribution in [3.05, 3.63) is 46.4 Å². The number of carbonyl (C=O) groups is 3. The van der Waals surface area contributed by atoms with Crippen LogP contribution in [0.2, 0.25) is 0 Å². The number of nitrogens with one attached hydrogen (secondary N) is 3. The Bertz CT molecular complexity index is 1120. The van der Waals surface area contributed by atoms with Gasteiger partial charge in [0, 0.05) is 18.8 Å². The van der Waals surface area contributed by atoms with Gasteiger partial charge in [0.2, 0.25) is 0 Å². The first-order valence-corrected chi connectivity index (χ1v) is 12.4. The van der Waals surface area contributed by atoms with E-state index in [0.29, 0.717) is 46.2 Å². The number of benzene rings is 2. The lowest BCUT2D eigenvalue weighted by Crippen LogP contribution is -2.41. The Balaban J connectivity index is 1.51. The number of amides is 3. The summed E-state index contributed by atoms with van der Waals surface area (Å²) < 4.78 is 22.3. The maximum absolute atomic E-state index is 12.3. The van der Waals surface area contributed by atoms with E-state index in [4.69, 9.17) is 18.9 Å². The lowest BCUT2D eigenvalue weighted by Gasteiger charge is -2.13. The van der Waals surface area contributed by atoms with Crippen LogP contribution >= 0.6 is 15.9 Å². The monoisotopic (exact) mass is 576 g/mol. The minimum atomic E-state index is -0.890. The Hall–Kier alpha value is -3.64. The van der Waals surface area contributed by atoms with Crippen molar-refractivity contribution in [3.63, 3.8) is 0 Å². The highest BCUT2D eigenvalue weighted by Crippen LogP contribution is 2.36. The summed E-state index contributed by atoms with van der Waals surface area (Å²) >= 11 is 3.40. The van der Waals surface area contributed by atoms with E-state index in [1.54, 1.807) is 36.4 Å². The molecule has 1 aliphatic rings. The number of methoxy groups -OCH3 is 1. The molecule has 0 saturated carbocycles. The zero-order valence-electron chi connectivity index (χ0n) is 20.5. The molecule has 1 atom stereocenters. The molecule has 2 aromatic carbocycles. The molecule has 1 fully saturated rings.